The second-order valence-electron chi connectivity index (χ2n) is 5.98. The highest BCUT2D eigenvalue weighted by atomic mass is 32.1. The molecule has 1 saturated carbocycles. The summed E-state index contributed by atoms with van der Waals surface area (Å²) < 4.78 is 0. The van der Waals surface area contributed by atoms with E-state index in [1.54, 1.807) is 11.3 Å². The van der Waals surface area contributed by atoms with Gasteiger partial charge in [0.1, 0.15) is 0 Å². The van der Waals surface area contributed by atoms with E-state index in [2.05, 4.69) is 38.0 Å². The molecule has 1 aromatic rings. The average Bonchev–Trinajstić information content (AvgIpc) is 2.67. The molecule has 2 rings (SSSR count). The highest BCUT2D eigenvalue weighted by Gasteiger charge is 2.33. The van der Waals surface area contributed by atoms with Gasteiger partial charge in [-0.15, -0.1) is 11.3 Å². The van der Waals surface area contributed by atoms with Crippen LogP contribution in [0, 0.1) is 12.3 Å². The second kappa shape index (κ2) is 5.07. The SMILES string of the molecule is Cc1ncsc1C(C)NC1CCCCC1(C)C. The molecular weight excluding hydrogens is 228 g/mol. The van der Waals surface area contributed by atoms with Crippen LogP contribution in [0.2, 0.25) is 0 Å². The molecule has 2 nitrogen and oxygen atoms in total. The summed E-state index contributed by atoms with van der Waals surface area (Å²) in [7, 11) is 0. The van der Waals surface area contributed by atoms with E-state index in [1.807, 2.05) is 5.51 Å². The molecule has 3 heteroatoms. The van der Waals surface area contributed by atoms with E-state index in [9.17, 15) is 0 Å². The van der Waals surface area contributed by atoms with E-state index in [4.69, 9.17) is 0 Å². The Labute approximate surface area is 109 Å². The highest BCUT2D eigenvalue weighted by molar-refractivity contribution is 7.09. The molecule has 0 amide bonds. The van der Waals surface area contributed by atoms with Gasteiger partial charge < -0.3 is 5.32 Å². The zero-order valence-corrected chi connectivity index (χ0v) is 12.2. The van der Waals surface area contributed by atoms with Crippen molar-refractivity contribution < 1.29 is 0 Å². The monoisotopic (exact) mass is 252 g/mol. The van der Waals surface area contributed by atoms with Crippen LogP contribution < -0.4 is 5.32 Å². The van der Waals surface area contributed by atoms with E-state index in [0.717, 1.165) is 0 Å². The fourth-order valence-corrected chi connectivity index (χ4v) is 3.73. The van der Waals surface area contributed by atoms with Crippen LogP contribution in [0.1, 0.15) is 63.1 Å². The lowest BCUT2D eigenvalue weighted by molar-refractivity contribution is 0.158. The van der Waals surface area contributed by atoms with Gasteiger partial charge in [-0.1, -0.05) is 26.7 Å². The fraction of sp³-hybridized carbons (Fsp3) is 0.786. The van der Waals surface area contributed by atoms with Crippen LogP contribution in [0.3, 0.4) is 0 Å². The summed E-state index contributed by atoms with van der Waals surface area (Å²) in [6.07, 6.45) is 5.42. The van der Waals surface area contributed by atoms with Gasteiger partial charge >= 0.3 is 0 Å². The third-order valence-electron chi connectivity index (χ3n) is 4.13. The van der Waals surface area contributed by atoms with Gasteiger partial charge in [0.25, 0.3) is 0 Å². The summed E-state index contributed by atoms with van der Waals surface area (Å²) in [6.45, 7) is 9.17. The first-order valence-corrected chi connectivity index (χ1v) is 7.55. The van der Waals surface area contributed by atoms with Crippen LogP contribution in [0.15, 0.2) is 5.51 Å². The lowest BCUT2D eigenvalue weighted by atomic mass is 9.73. The smallest absolute Gasteiger partial charge is 0.0798 e. The molecule has 1 fully saturated rings. The van der Waals surface area contributed by atoms with Crippen LogP contribution in [0.5, 0.6) is 0 Å². The molecule has 0 aliphatic heterocycles. The summed E-state index contributed by atoms with van der Waals surface area (Å²) in [5.74, 6) is 0. The van der Waals surface area contributed by atoms with Crippen molar-refractivity contribution in [2.24, 2.45) is 5.41 Å². The molecular formula is C14H24N2S. The Morgan fingerprint density at radius 3 is 2.82 bits per heavy atom. The topological polar surface area (TPSA) is 24.9 Å². The van der Waals surface area contributed by atoms with Crippen molar-refractivity contribution in [3.8, 4) is 0 Å². The molecule has 0 aromatic carbocycles. The average molecular weight is 252 g/mol. The number of aromatic nitrogens is 1. The maximum atomic E-state index is 4.35. The largest absolute Gasteiger partial charge is 0.306 e. The van der Waals surface area contributed by atoms with Crippen LogP contribution in [-0.4, -0.2) is 11.0 Å². The van der Waals surface area contributed by atoms with Crippen molar-refractivity contribution in [1.29, 1.82) is 0 Å². The van der Waals surface area contributed by atoms with E-state index in [1.165, 1.54) is 36.3 Å². The lowest BCUT2D eigenvalue weighted by Crippen LogP contribution is -2.45. The van der Waals surface area contributed by atoms with Crippen LogP contribution in [0.25, 0.3) is 0 Å². The van der Waals surface area contributed by atoms with Gasteiger partial charge in [-0.2, -0.15) is 0 Å². The minimum atomic E-state index is 0.435. The molecule has 0 saturated heterocycles. The van der Waals surface area contributed by atoms with Gasteiger partial charge in [0.05, 0.1) is 11.2 Å². The number of nitrogens with one attached hydrogen (secondary N) is 1. The Bertz CT molecular complexity index is 370. The summed E-state index contributed by atoms with van der Waals surface area (Å²) in [5, 5.41) is 3.82. The molecule has 2 atom stereocenters. The van der Waals surface area contributed by atoms with Gasteiger partial charge in [-0.3, -0.25) is 0 Å². The first kappa shape index (κ1) is 13.0. The maximum Gasteiger partial charge on any atom is 0.0798 e. The number of thiazole rings is 1. The van der Waals surface area contributed by atoms with Crippen LogP contribution in [-0.2, 0) is 0 Å². The molecule has 0 bridgehead atoms. The molecule has 2 unspecified atom stereocenters. The summed E-state index contributed by atoms with van der Waals surface area (Å²) >= 11 is 1.77. The van der Waals surface area contributed by atoms with Gasteiger partial charge in [-0.25, -0.2) is 4.98 Å². The molecule has 1 aliphatic rings. The van der Waals surface area contributed by atoms with E-state index in [0.29, 0.717) is 17.5 Å². The number of nitrogens with zero attached hydrogens (tertiary/aromatic N) is 1. The van der Waals surface area contributed by atoms with Gasteiger partial charge in [0.15, 0.2) is 0 Å². The predicted molar refractivity (Wildman–Crippen MR) is 74.4 cm³/mol. The van der Waals surface area contributed by atoms with Crippen molar-refractivity contribution >= 4 is 11.3 Å². The van der Waals surface area contributed by atoms with Crippen LogP contribution in [0.4, 0.5) is 0 Å². The maximum absolute atomic E-state index is 4.35. The molecule has 1 N–H and O–H groups in total. The summed E-state index contributed by atoms with van der Waals surface area (Å²) in [4.78, 5) is 5.74. The fourth-order valence-electron chi connectivity index (χ4n) is 2.91. The summed E-state index contributed by atoms with van der Waals surface area (Å²) in [6, 6.07) is 1.08. The number of hydrogen-bond acceptors (Lipinski definition) is 3. The molecule has 17 heavy (non-hydrogen) atoms. The van der Waals surface area contributed by atoms with E-state index < -0.39 is 0 Å². The Morgan fingerprint density at radius 1 is 1.47 bits per heavy atom. The minimum Gasteiger partial charge on any atom is -0.306 e. The summed E-state index contributed by atoms with van der Waals surface area (Å²) in [5.41, 5.74) is 3.57. The van der Waals surface area contributed by atoms with Crippen molar-refractivity contribution in [2.45, 2.75) is 65.5 Å². The van der Waals surface area contributed by atoms with E-state index in [-0.39, 0.29) is 0 Å². The molecule has 0 spiro atoms. The minimum absolute atomic E-state index is 0.435. The Balaban J connectivity index is 2.03. The standard InChI is InChI=1S/C14H24N2S/c1-10-13(17-9-15-10)11(2)16-12-7-5-6-8-14(12,3)4/h9,11-12,16H,5-8H2,1-4H3. The van der Waals surface area contributed by atoms with Crippen molar-refractivity contribution in [3.63, 3.8) is 0 Å². The Morgan fingerprint density at radius 2 is 2.24 bits per heavy atom. The van der Waals surface area contributed by atoms with Crippen LogP contribution >= 0.6 is 11.3 Å². The number of hydrogen-bond donors (Lipinski definition) is 1. The molecule has 1 heterocycles. The lowest BCUT2D eigenvalue weighted by Gasteiger charge is -2.40. The van der Waals surface area contributed by atoms with E-state index >= 15 is 0 Å². The highest BCUT2D eigenvalue weighted by Crippen LogP contribution is 2.37. The third kappa shape index (κ3) is 2.89. The predicted octanol–water partition coefficient (Wildman–Crippen LogP) is 4.07. The Kier molecular flexibility index (Phi) is 3.88. The zero-order chi connectivity index (χ0) is 12.5. The quantitative estimate of drug-likeness (QED) is 0.877. The zero-order valence-electron chi connectivity index (χ0n) is 11.4. The van der Waals surface area contributed by atoms with Gasteiger partial charge in [-0.05, 0) is 32.1 Å². The normalized spacial score (nSPS) is 25.8. The molecule has 0 radical (unpaired) electrons. The van der Waals surface area contributed by atoms with Gasteiger partial charge in [0, 0.05) is 17.0 Å². The molecule has 1 aliphatic carbocycles. The Hall–Kier alpha value is -0.410. The number of aryl methyl sites for hydroxylation is 1. The molecule has 1 aromatic heterocycles. The number of rotatable bonds is 3. The second-order valence-corrected chi connectivity index (χ2v) is 6.86. The van der Waals surface area contributed by atoms with Crippen molar-refractivity contribution in [1.82, 2.24) is 10.3 Å². The van der Waals surface area contributed by atoms with Crippen molar-refractivity contribution in [2.75, 3.05) is 0 Å². The first-order valence-electron chi connectivity index (χ1n) is 6.67. The first-order chi connectivity index (χ1) is 8.00. The van der Waals surface area contributed by atoms with Gasteiger partial charge in [0.2, 0.25) is 0 Å². The third-order valence-corrected chi connectivity index (χ3v) is 5.25. The van der Waals surface area contributed by atoms with Crippen molar-refractivity contribution in [3.05, 3.63) is 16.1 Å². The molecule has 96 valence electrons.